The zero-order valence-electron chi connectivity index (χ0n) is 12.0. The molecule has 0 aliphatic carbocycles. The largest absolute Gasteiger partial charge is 0.451 e. The van der Waals surface area contributed by atoms with Crippen LogP contribution in [0.25, 0.3) is 0 Å². The van der Waals surface area contributed by atoms with Gasteiger partial charge in [0.15, 0.2) is 0 Å². The maximum atomic E-state index is 12.8. The quantitative estimate of drug-likeness (QED) is 0.648. The third-order valence-electron chi connectivity index (χ3n) is 3.71. The van der Waals surface area contributed by atoms with Gasteiger partial charge in [0.2, 0.25) is 5.82 Å². The lowest BCUT2D eigenvalue weighted by Gasteiger charge is -2.35. The Morgan fingerprint density at radius 1 is 1.33 bits per heavy atom. The molecule has 0 unspecified atom stereocenters. The molecule has 1 saturated heterocycles. The molecule has 1 aliphatic heterocycles. The van der Waals surface area contributed by atoms with Crippen LogP contribution in [-0.4, -0.2) is 48.1 Å². The van der Waals surface area contributed by atoms with Gasteiger partial charge < -0.3 is 15.2 Å². The number of nitrogens with zero attached hydrogens (tertiary/aromatic N) is 4. The van der Waals surface area contributed by atoms with Gasteiger partial charge in [0.05, 0.1) is 0 Å². The summed E-state index contributed by atoms with van der Waals surface area (Å²) in [5.74, 6) is 4.18. The van der Waals surface area contributed by atoms with Crippen molar-refractivity contribution in [2.45, 2.75) is 25.1 Å². The van der Waals surface area contributed by atoms with Gasteiger partial charge in [-0.1, -0.05) is 0 Å². The average Bonchev–Trinajstić information content (AvgIpc) is 2.46. The molecule has 0 atom stereocenters. The molecule has 1 aromatic rings. The fraction of sp³-hybridized carbons (Fsp3) is 0.667. The smallest absolute Gasteiger partial charge is 0.356 e. The lowest BCUT2D eigenvalue weighted by atomic mass is 10.0. The van der Waals surface area contributed by atoms with E-state index in [2.05, 4.69) is 20.3 Å². The maximum absolute atomic E-state index is 12.8. The van der Waals surface area contributed by atoms with Crippen molar-refractivity contribution >= 4 is 11.6 Å². The second kappa shape index (κ2) is 6.02. The topological polar surface area (TPSA) is 70.3 Å². The first-order valence-electron chi connectivity index (χ1n) is 6.65. The van der Waals surface area contributed by atoms with Gasteiger partial charge in [-0.2, -0.15) is 13.2 Å². The van der Waals surface area contributed by atoms with Crippen LogP contribution in [0.2, 0.25) is 0 Å². The fourth-order valence-corrected chi connectivity index (χ4v) is 2.39. The van der Waals surface area contributed by atoms with Crippen molar-refractivity contribution in [3.05, 3.63) is 11.9 Å². The number of aromatic nitrogens is 2. The Kier molecular flexibility index (Phi) is 4.52. The molecule has 0 aromatic carbocycles. The summed E-state index contributed by atoms with van der Waals surface area (Å²) >= 11 is 0. The van der Waals surface area contributed by atoms with E-state index in [4.69, 9.17) is 5.84 Å². The van der Waals surface area contributed by atoms with E-state index in [1.54, 1.807) is 11.9 Å². The highest BCUT2D eigenvalue weighted by atomic mass is 19.4. The molecule has 0 amide bonds. The summed E-state index contributed by atoms with van der Waals surface area (Å²) in [7, 11) is 3.78. The minimum absolute atomic E-state index is 0.0490. The zero-order chi connectivity index (χ0) is 15.6. The van der Waals surface area contributed by atoms with Crippen molar-refractivity contribution < 1.29 is 13.2 Å². The Bertz CT molecular complexity index is 484. The first kappa shape index (κ1) is 15.8. The molecule has 1 aliphatic rings. The number of nitrogen functional groups attached to an aromatic ring is 1. The molecule has 0 saturated carbocycles. The monoisotopic (exact) mass is 304 g/mol. The van der Waals surface area contributed by atoms with Gasteiger partial charge in [-0.3, -0.25) is 0 Å². The molecule has 118 valence electrons. The van der Waals surface area contributed by atoms with Gasteiger partial charge in [-0.05, 0) is 33.0 Å². The van der Waals surface area contributed by atoms with E-state index in [-0.39, 0.29) is 17.7 Å². The molecule has 2 heterocycles. The van der Waals surface area contributed by atoms with Crippen LogP contribution < -0.4 is 16.2 Å². The van der Waals surface area contributed by atoms with E-state index >= 15 is 0 Å². The molecule has 0 spiro atoms. The number of alkyl halides is 3. The fourth-order valence-electron chi connectivity index (χ4n) is 2.39. The van der Waals surface area contributed by atoms with E-state index in [0.29, 0.717) is 0 Å². The molecular weight excluding hydrogens is 285 g/mol. The average molecular weight is 304 g/mol. The Morgan fingerprint density at radius 3 is 2.48 bits per heavy atom. The van der Waals surface area contributed by atoms with Gasteiger partial charge in [-0.25, -0.2) is 15.8 Å². The number of rotatable bonds is 3. The van der Waals surface area contributed by atoms with Crippen LogP contribution in [0.5, 0.6) is 0 Å². The number of hydrogen-bond acceptors (Lipinski definition) is 6. The van der Waals surface area contributed by atoms with Crippen LogP contribution >= 0.6 is 0 Å². The highest BCUT2D eigenvalue weighted by Crippen LogP contribution is 2.30. The van der Waals surface area contributed by atoms with E-state index in [0.717, 1.165) is 25.9 Å². The third-order valence-corrected chi connectivity index (χ3v) is 3.71. The first-order valence-corrected chi connectivity index (χ1v) is 6.65. The van der Waals surface area contributed by atoms with Gasteiger partial charge >= 0.3 is 6.18 Å². The molecule has 2 rings (SSSR count). The van der Waals surface area contributed by atoms with Crippen LogP contribution in [-0.2, 0) is 6.18 Å². The zero-order valence-corrected chi connectivity index (χ0v) is 12.0. The minimum Gasteiger partial charge on any atom is -0.356 e. The summed E-state index contributed by atoms with van der Waals surface area (Å²) in [6, 6.07) is 1.58. The van der Waals surface area contributed by atoms with Crippen molar-refractivity contribution in [3.63, 3.8) is 0 Å². The summed E-state index contributed by atoms with van der Waals surface area (Å²) in [5, 5.41) is 0. The number of nitrogens with one attached hydrogen (secondary N) is 1. The van der Waals surface area contributed by atoms with E-state index in [1.165, 1.54) is 6.07 Å². The van der Waals surface area contributed by atoms with Gasteiger partial charge in [0.25, 0.3) is 0 Å². The Labute approximate surface area is 121 Å². The highest BCUT2D eigenvalue weighted by Gasteiger charge is 2.36. The number of nitrogens with two attached hydrogens (primary N) is 1. The van der Waals surface area contributed by atoms with Crippen molar-refractivity contribution in [2.24, 2.45) is 5.84 Å². The standard InChI is InChI=1S/C12H19F3N6/c1-20-5-3-8(4-6-20)21(2)10-7-9(19-16)17-11(18-10)12(13,14)15/h7-8H,3-6,16H2,1-2H3,(H,17,18,19). The van der Waals surface area contributed by atoms with Crippen molar-refractivity contribution in [2.75, 3.05) is 37.5 Å². The van der Waals surface area contributed by atoms with Gasteiger partial charge in [-0.15, -0.1) is 0 Å². The number of halogens is 3. The molecule has 3 N–H and O–H groups in total. The van der Waals surface area contributed by atoms with Gasteiger partial charge in [0, 0.05) is 19.2 Å². The third kappa shape index (κ3) is 3.73. The van der Waals surface area contributed by atoms with E-state index in [9.17, 15) is 13.2 Å². The molecule has 0 radical (unpaired) electrons. The molecular formula is C12H19F3N6. The molecule has 1 aromatic heterocycles. The van der Waals surface area contributed by atoms with Crippen molar-refractivity contribution in [1.29, 1.82) is 0 Å². The molecule has 6 nitrogen and oxygen atoms in total. The molecule has 1 fully saturated rings. The lowest BCUT2D eigenvalue weighted by Crippen LogP contribution is -2.42. The highest BCUT2D eigenvalue weighted by molar-refractivity contribution is 5.49. The minimum atomic E-state index is -4.60. The Morgan fingerprint density at radius 2 is 1.95 bits per heavy atom. The number of hydrogen-bond donors (Lipinski definition) is 2. The number of anilines is 2. The van der Waals surface area contributed by atoms with Crippen molar-refractivity contribution in [3.8, 4) is 0 Å². The summed E-state index contributed by atoms with van der Waals surface area (Å²) in [6.45, 7) is 1.82. The van der Waals surface area contributed by atoms with Crippen LogP contribution in [0.3, 0.4) is 0 Å². The van der Waals surface area contributed by atoms with Crippen molar-refractivity contribution in [1.82, 2.24) is 14.9 Å². The van der Waals surface area contributed by atoms with Crippen LogP contribution in [0, 0.1) is 0 Å². The molecule has 0 bridgehead atoms. The van der Waals surface area contributed by atoms with Crippen LogP contribution in [0.1, 0.15) is 18.7 Å². The second-order valence-electron chi connectivity index (χ2n) is 5.22. The summed E-state index contributed by atoms with van der Waals surface area (Å²) in [4.78, 5) is 10.9. The Balaban J connectivity index is 2.25. The van der Waals surface area contributed by atoms with Crippen LogP contribution in [0.15, 0.2) is 6.07 Å². The Hall–Kier alpha value is -1.61. The predicted molar refractivity (Wildman–Crippen MR) is 73.8 cm³/mol. The molecule has 21 heavy (non-hydrogen) atoms. The summed E-state index contributed by atoms with van der Waals surface area (Å²) in [6.07, 6.45) is -2.84. The predicted octanol–water partition coefficient (Wildman–Crippen LogP) is 1.31. The lowest BCUT2D eigenvalue weighted by molar-refractivity contribution is -0.144. The van der Waals surface area contributed by atoms with Crippen LogP contribution in [0.4, 0.5) is 24.8 Å². The van der Waals surface area contributed by atoms with Gasteiger partial charge in [0.1, 0.15) is 11.6 Å². The number of hydrazine groups is 1. The summed E-state index contributed by atoms with van der Waals surface area (Å²) < 4.78 is 38.5. The second-order valence-corrected chi connectivity index (χ2v) is 5.22. The first-order chi connectivity index (χ1) is 9.81. The SMILES string of the molecule is CN1CCC(N(C)c2cc(NN)nc(C(F)(F)F)n2)CC1. The van der Waals surface area contributed by atoms with E-state index in [1.807, 2.05) is 7.05 Å². The normalized spacial score (nSPS) is 17.8. The molecule has 9 heteroatoms. The summed E-state index contributed by atoms with van der Waals surface area (Å²) in [5.41, 5.74) is 2.16. The number of likely N-dealkylation sites (tertiary alicyclic amines) is 1. The number of piperidine rings is 1. The maximum Gasteiger partial charge on any atom is 0.451 e. The van der Waals surface area contributed by atoms with E-state index < -0.39 is 12.0 Å².